The van der Waals surface area contributed by atoms with Crippen molar-refractivity contribution >= 4 is 0 Å². The van der Waals surface area contributed by atoms with Gasteiger partial charge in [-0.15, -0.1) is 0 Å². The topological polar surface area (TPSA) is 33.0 Å². The molecule has 2 heteroatoms. The van der Waals surface area contributed by atoms with Gasteiger partial charge in [0, 0.05) is 0 Å². The molecule has 0 unspecified atom stereocenters. The number of aryl methyl sites for hydroxylation is 1. The largest absolute Gasteiger partial charge is 0.489 e. The third kappa shape index (κ3) is 3.83. The lowest BCUT2D eigenvalue weighted by atomic mass is 9.96. The van der Waals surface area contributed by atoms with Crippen LogP contribution in [0.5, 0.6) is 5.75 Å². The molecule has 0 saturated heterocycles. The Morgan fingerprint density at radius 2 is 1.67 bits per heavy atom. The summed E-state index contributed by atoms with van der Waals surface area (Å²) in [6.45, 7) is 2.63. The first-order chi connectivity index (χ1) is 11.8. The molecule has 0 aliphatic carbocycles. The number of hydrogen-bond acceptors (Lipinski definition) is 2. The molecular weight excluding hydrogens is 294 g/mol. The average molecular weight is 313 g/mol. The van der Waals surface area contributed by atoms with E-state index in [0.29, 0.717) is 13.0 Å². The molecule has 0 atom stereocenters. The molecule has 0 aliphatic rings. The summed E-state index contributed by atoms with van der Waals surface area (Å²) in [4.78, 5) is 0. The van der Waals surface area contributed by atoms with Crippen molar-refractivity contribution in [2.75, 3.05) is 0 Å². The van der Waals surface area contributed by atoms with Crippen molar-refractivity contribution in [1.82, 2.24) is 0 Å². The Hall–Kier alpha value is -3.05. The summed E-state index contributed by atoms with van der Waals surface area (Å²) in [5.74, 6) is 0.845. The highest BCUT2D eigenvalue weighted by molar-refractivity contribution is 5.69. The summed E-state index contributed by atoms with van der Waals surface area (Å²) in [7, 11) is 0. The van der Waals surface area contributed by atoms with Crippen molar-refractivity contribution in [3.05, 3.63) is 89.5 Å². The molecule has 0 bridgehead atoms. The van der Waals surface area contributed by atoms with Crippen molar-refractivity contribution < 1.29 is 4.74 Å². The zero-order valence-electron chi connectivity index (χ0n) is 13.7. The molecular formula is C22H19NO. The average Bonchev–Trinajstić information content (AvgIpc) is 2.63. The minimum Gasteiger partial charge on any atom is -0.489 e. The van der Waals surface area contributed by atoms with Gasteiger partial charge in [-0.25, -0.2) is 0 Å². The van der Waals surface area contributed by atoms with Gasteiger partial charge in [0.15, 0.2) is 0 Å². The molecule has 0 N–H and O–H groups in total. The Labute approximate surface area is 143 Å². The van der Waals surface area contributed by atoms with Crippen LogP contribution in [-0.2, 0) is 13.0 Å². The molecule has 0 saturated carbocycles. The number of rotatable bonds is 5. The minimum atomic E-state index is 0.419. The molecule has 24 heavy (non-hydrogen) atoms. The monoisotopic (exact) mass is 313 g/mol. The molecule has 0 amide bonds. The van der Waals surface area contributed by atoms with E-state index in [4.69, 9.17) is 10.00 Å². The molecule has 118 valence electrons. The smallest absolute Gasteiger partial charge is 0.119 e. The van der Waals surface area contributed by atoms with Gasteiger partial charge < -0.3 is 4.74 Å². The Balaban J connectivity index is 1.77. The van der Waals surface area contributed by atoms with Crippen molar-refractivity contribution in [2.45, 2.75) is 20.0 Å². The van der Waals surface area contributed by atoms with E-state index in [1.807, 2.05) is 42.5 Å². The minimum absolute atomic E-state index is 0.419. The molecule has 0 spiro atoms. The second-order valence-corrected chi connectivity index (χ2v) is 5.79. The van der Waals surface area contributed by atoms with Crippen LogP contribution in [0.25, 0.3) is 11.1 Å². The van der Waals surface area contributed by atoms with Gasteiger partial charge in [-0.1, -0.05) is 66.2 Å². The van der Waals surface area contributed by atoms with Gasteiger partial charge in [0.2, 0.25) is 0 Å². The Morgan fingerprint density at radius 1 is 0.917 bits per heavy atom. The van der Waals surface area contributed by atoms with Gasteiger partial charge in [0.05, 0.1) is 12.5 Å². The fourth-order valence-electron chi connectivity index (χ4n) is 2.67. The highest BCUT2D eigenvalue weighted by Gasteiger charge is 2.06. The van der Waals surface area contributed by atoms with Crippen LogP contribution in [0.15, 0.2) is 72.8 Å². The number of nitrogens with zero attached hydrogens (tertiary/aromatic N) is 1. The molecule has 0 radical (unpaired) electrons. The van der Waals surface area contributed by atoms with Crippen molar-refractivity contribution in [3.63, 3.8) is 0 Å². The molecule has 0 fully saturated rings. The zero-order valence-corrected chi connectivity index (χ0v) is 13.7. The predicted molar refractivity (Wildman–Crippen MR) is 96.7 cm³/mol. The lowest BCUT2D eigenvalue weighted by Gasteiger charge is -2.10. The summed E-state index contributed by atoms with van der Waals surface area (Å²) >= 11 is 0. The number of ether oxygens (including phenoxy) is 1. The quantitative estimate of drug-likeness (QED) is 0.639. The van der Waals surface area contributed by atoms with Crippen LogP contribution in [0.1, 0.15) is 16.7 Å². The first kappa shape index (κ1) is 15.8. The summed E-state index contributed by atoms with van der Waals surface area (Å²) in [5.41, 5.74) is 5.62. The summed E-state index contributed by atoms with van der Waals surface area (Å²) in [6, 6.07) is 26.6. The SMILES string of the molecule is Cc1ccc(CC#N)c(-c2ccc(OCc3ccccc3)cc2)c1. The van der Waals surface area contributed by atoms with Crippen molar-refractivity contribution in [3.8, 4) is 22.9 Å². The maximum Gasteiger partial charge on any atom is 0.119 e. The maximum absolute atomic E-state index is 9.01. The van der Waals surface area contributed by atoms with Crippen LogP contribution in [0.4, 0.5) is 0 Å². The maximum atomic E-state index is 9.01. The van der Waals surface area contributed by atoms with E-state index in [-0.39, 0.29) is 0 Å². The van der Waals surface area contributed by atoms with E-state index in [0.717, 1.165) is 28.0 Å². The molecule has 3 aromatic rings. The normalized spacial score (nSPS) is 10.2. The number of nitriles is 1. The van der Waals surface area contributed by atoms with Crippen LogP contribution >= 0.6 is 0 Å². The van der Waals surface area contributed by atoms with Gasteiger partial charge >= 0.3 is 0 Å². The molecule has 0 aromatic heterocycles. The van der Waals surface area contributed by atoms with E-state index < -0.39 is 0 Å². The van der Waals surface area contributed by atoms with Crippen molar-refractivity contribution in [2.24, 2.45) is 0 Å². The Bertz CT molecular complexity index is 845. The molecule has 0 heterocycles. The zero-order chi connectivity index (χ0) is 16.8. The standard InChI is InChI=1S/C22H19NO/c1-17-7-8-20(13-14-23)22(15-17)19-9-11-21(12-10-19)24-16-18-5-3-2-4-6-18/h2-12,15H,13,16H2,1H3. The van der Waals surface area contributed by atoms with Crippen LogP contribution in [-0.4, -0.2) is 0 Å². The third-order valence-electron chi connectivity index (χ3n) is 3.95. The highest BCUT2D eigenvalue weighted by atomic mass is 16.5. The molecule has 2 nitrogen and oxygen atoms in total. The summed E-state index contributed by atoms with van der Waals surface area (Å²) < 4.78 is 5.83. The molecule has 3 rings (SSSR count). The third-order valence-corrected chi connectivity index (χ3v) is 3.95. The van der Waals surface area contributed by atoms with E-state index in [9.17, 15) is 0 Å². The van der Waals surface area contributed by atoms with E-state index in [1.165, 1.54) is 5.56 Å². The summed E-state index contributed by atoms with van der Waals surface area (Å²) in [5, 5.41) is 9.01. The second kappa shape index (κ2) is 7.48. The predicted octanol–water partition coefficient (Wildman–Crippen LogP) is 5.31. The van der Waals surface area contributed by atoms with Crippen LogP contribution < -0.4 is 4.74 Å². The fraction of sp³-hybridized carbons (Fsp3) is 0.136. The van der Waals surface area contributed by atoms with E-state index >= 15 is 0 Å². The Morgan fingerprint density at radius 3 is 2.38 bits per heavy atom. The fourth-order valence-corrected chi connectivity index (χ4v) is 2.67. The molecule has 3 aromatic carbocycles. The van der Waals surface area contributed by atoms with Crippen LogP contribution in [0.2, 0.25) is 0 Å². The summed E-state index contributed by atoms with van der Waals surface area (Å²) in [6.07, 6.45) is 0.419. The number of hydrogen-bond donors (Lipinski definition) is 0. The van der Waals surface area contributed by atoms with Crippen molar-refractivity contribution in [1.29, 1.82) is 5.26 Å². The lowest BCUT2D eigenvalue weighted by molar-refractivity contribution is 0.306. The Kier molecular flexibility index (Phi) is 4.93. The van der Waals surface area contributed by atoms with Gasteiger partial charge in [-0.05, 0) is 41.3 Å². The van der Waals surface area contributed by atoms with Gasteiger partial charge in [-0.3, -0.25) is 0 Å². The lowest BCUT2D eigenvalue weighted by Crippen LogP contribution is -1.95. The first-order valence-corrected chi connectivity index (χ1v) is 8.00. The highest BCUT2D eigenvalue weighted by Crippen LogP contribution is 2.27. The second-order valence-electron chi connectivity index (χ2n) is 5.79. The van der Waals surface area contributed by atoms with Crippen LogP contribution in [0, 0.1) is 18.3 Å². The first-order valence-electron chi connectivity index (χ1n) is 8.00. The molecule has 0 aliphatic heterocycles. The van der Waals surface area contributed by atoms with Gasteiger partial charge in [0.1, 0.15) is 12.4 Å². The van der Waals surface area contributed by atoms with E-state index in [2.05, 4.69) is 43.3 Å². The van der Waals surface area contributed by atoms with Gasteiger partial charge in [0.25, 0.3) is 0 Å². The van der Waals surface area contributed by atoms with Crippen LogP contribution in [0.3, 0.4) is 0 Å². The van der Waals surface area contributed by atoms with Gasteiger partial charge in [-0.2, -0.15) is 5.26 Å². The number of benzene rings is 3. The van der Waals surface area contributed by atoms with E-state index in [1.54, 1.807) is 0 Å².